The fourth-order valence-corrected chi connectivity index (χ4v) is 10.9. The van der Waals surface area contributed by atoms with Crippen LogP contribution < -0.4 is 5.32 Å². The molecular weight excluding hydrogens is 1050 g/mol. The van der Waals surface area contributed by atoms with E-state index in [4.69, 9.17) is 14.2 Å². The molecule has 11 nitrogen and oxygen atoms in total. The van der Waals surface area contributed by atoms with E-state index < -0.39 is 49.5 Å². The number of ether oxygens (including phenoxy) is 3. The minimum Gasteiger partial charge on any atom is -0.466 e. The van der Waals surface area contributed by atoms with Crippen LogP contribution in [0.25, 0.3) is 0 Å². The van der Waals surface area contributed by atoms with E-state index in [2.05, 4.69) is 67.8 Å². The normalized spacial score (nSPS) is 18.4. The summed E-state index contributed by atoms with van der Waals surface area (Å²) in [5, 5.41) is 54.3. The van der Waals surface area contributed by atoms with Crippen LogP contribution in [-0.2, 0) is 23.8 Å². The molecule has 0 bridgehead atoms. The highest BCUT2D eigenvalue weighted by molar-refractivity contribution is 5.76. The number of unbranched alkanes of at least 4 members (excludes halogenated alkanes) is 40. The zero-order valence-electron chi connectivity index (χ0n) is 54.4. The molecule has 1 aliphatic rings. The molecule has 7 unspecified atom stereocenters. The molecule has 7 atom stereocenters. The van der Waals surface area contributed by atoms with Gasteiger partial charge in [0.15, 0.2) is 6.29 Å². The van der Waals surface area contributed by atoms with E-state index in [1.165, 1.54) is 238 Å². The Morgan fingerprint density at radius 3 is 1.25 bits per heavy atom. The first kappa shape index (κ1) is 79.4. The summed E-state index contributed by atoms with van der Waals surface area (Å²) in [6.07, 6.45) is 72.3. The van der Waals surface area contributed by atoms with Gasteiger partial charge in [-0.05, 0) is 103 Å². The summed E-state index contributed by atoms with van der Waals surface area (Å²) < 4.78 is 16.7. The zero-order valence-corrected chi connectivity index (χ0v) is 54.4. The van der Waals surface area contributed by atoms with Crippen molar-refractivity contribution in [2.24, 2.45) is 0 Å². The maximum atomic E-state index is 13.0. The van der Waals surface area contributed by atoms with Gasteiger partial charge in [0.2, 0.25) is 5.91 Å². The van der Waals surface area contributed by atoms with Crippen LogP contribution in [0.1, 0.15) is 328 Å². The number of aliphatic hydroxyl groups is 5. The highest BCUT2D eigenvalue weighted by Gasteiger charge is 2.44. The van der Waals surface area contributed by atoms with Crippen molar-refractivity contribution >= 4 is 11.9 Å². The number of rotatable bonds is 62. The largest absolute Gasteiger partial charge is 0.466 e. The molecule has 1 amide bonds. The van der Waals surface area contributed by atoms with Gasteiger partial charge < -0.3 is 45.1 Å². The van der Waals surface area contributed by atoms with Crippen LogP contribution in [0, 0.1) is 0 Å². The summed E-state index contributed by atoms with van der Waals surface area (Å²) in [6, 6.07) is -0.826. The Morgan fingerprint density at radius 2 is 0.810 bits per heavy atom. The van der Waals surface area contributed by atoms with Crippen LogP contribution in [0.5, 0.6) is 0 Å². The predicted octanol–water partition coefficient (Wildman–Crippen LogP) is 18.1. The lowest BCUT2D eigenvalue weighted by Crippen LogP contribution is -2.60. The van der Waals surface area contributed by atoms with E-state index in [0.717, 1.165) is 64.2 Å². The summed E-state index contributed by atoms with van der Waals surface area (Å²) >= 11 is 0. The quantitative estimate of drug-likeness (QED) is 0.0195. The second-order valence-electron chi connectivity index (χ2n) is 24.6. The van der Waals surface area contributed by atoms with Gasteiger partial charge in [0, 0.05) is 12.8 Å². The molecule has 84 heavy (non-hydrogen) atoms. The van der Waals surface area contributed by atoms with Gasteiger partial charge in [-0.25, -0.2) is 0 Å². The number of aliphatic hydroxyl groups excluding tert-OH is 5. The third-order valence-electron chi connectivity index (χ3n) is 16.6. The minimum atomic E-state index is -1.58. The molecule has 0 saturated carbocycles. The fourth-order valence-electron chi connectivity index (χ4n) is 10.9. The third-order valence-corrected chi connectivity index (χ3v) is 16.6. The predicted molar refractivity (Wildman–Crippen MR) is 352 cm³/mol. The van der Waals surface area contributed by atoms with Crippen LogP contribution in [0.3, 0.4) is 0 Å². The first-order valence-electron chi connectivity index (χ1n) is 35.6. The molecule has 6 N–H and O–H groups in total. The lowest BCUT2D eigenvalue weighted by atomic mass is 9.99. The Morgan fingerprint density at radius 1 is 0.440 bits per heavy atom. The van der Waals surface area contributed by atoms with E-state index in [-0.39, 0.29) is 18.5 Å². The molecule has 490 valence electrons. The van der Waals surface area contributed by atoms with E-state index in [0.29, 0.717) is 19.4 Å². The number of allylic oxidation sites excluding steroid dienone is 9. The minimum absolute atomic E-state index is 0.00288. The summed E-state index contributed by atoms with van der Waals surface area (Å²) in [6.45, 7) is 4.29. The first-order chi connectivity index (χ1) is 41.2. The summed E-state index contributed by atoms with van der Waals surface area (Å²) in [5.41, 5.74) is 0. The van der Waals surface area contributed by atoms with Crippen LogP contribution in [-0.4, -0.2) is 100 Å². The van der Waals surface area contributed by atoms with Gasteiger partial charge in [-0.2, -0.15) is 0 Å². The van der Waals surface area contributed by atoms with Crippen molar-refractivity contribution in [2.45, 2.75) is 371 Å². The lowest BCUT2D eigenvalue weighted by Gasteiger charge is -2.40. The summed E-state index contributed by atoms with van der Waals surface area (Å²) in [4.78, 5) is 25.1. The van der Waals surface area contributed by atoms with Gasteiger partial charge in [0.25, 0.3) is 0 Å². The summed E-state index contributed by atoms with van der Waals surface area (Å²) in [5.74, 6) is -0.194. The second-order valence-corrected chi connectivity index (χ2v) is 24.6. The molecule has 11 heteroatoms. The standard InChI is InChI=1S/C73H133NO10/c1-3-5-7-9-11-13-15-37-41-45-49-53-57-61-69(78)82-62-58-54-50-46-42-39-36-34-32-30-28-26-24-22-20-18-16-17-19-21-23-25-27-29-31-33-35-38-40-44-48-52-56-60-68(77)74-65(64-83-73-72(81)71(80)70(79)67(63-75)84-73)66(76)59-55-51-47-43-14-12-10-8-6-4-2/h13-15,20,22,26,28,43,55,59,65-67,70-73,75-76,79-81H,3-12,16-19,21,23-25,27,29-42,44-54,56-58,60-64H2,1-2H3,(H,74,77)/b15-13-,22-20-,28-26-,43-14+,59-55+. The average Bonchev–Trinajstić information content (AvgIpc) is 3.42. The fraction of sp³-hybridized carbons (Fsp3) is 0.836. The Hall–Kier alpha value is -2.64. The van der Waals surface area contributed by atoms with Crippen molar-refractivity contribution in [1.82, 2.24) is 5.32 Å². The van der Waals surface area contributed by atoms with Crippen LogP contribution >= 0.6 is 0 Å². The molecule has 1 aliphatic heterocycles. The van der Waals surface area contributed by atoms with E-state index in [9.17, 15) is 35.1 Å². The molecule has 1 rings (SSSR count). The monoisotopic (exact) mass is 1180 g/mol. The Kier molecular flexibility index (Phi) is 58.6. The molecule has 0 aromatic heterocycles. The molecular formula is C73H133NO10. The van der Waals surface area contributed by atoms with Crippen molar-refractivity contribution < 1.29 is 49.3 Å². The van der Waals surface area contributed by atoms with Crippen molar-refractivity contribution in [3.8, 4) is 0 Å². The van der Waals surface area contributed by atoms with E-state index in [1.807, 2.05) is 6.08 Å². The van der Waals surface area contributed by atoms with Gasteiger partial charge in [-0.3, -0.25) is 9.59 Å². The van der Waals surface area contributed by atoms with Crippen molar-refractivity contribution in [2.75, 3.05) is 19.8 Å². The van der Waals surface area contributed by atoms with Crippen molar-refractivity contribution in [3.05, 3.63) is 60.8 Å². The van der Waals surface area contributed by atoms with Crippen molar-refractivity contribution in [1.29, 1.82) is 0 Å². The molecule has 0 aromatic carbocycles. The Labute approximate surface area is 516 Å². The third kappa shape index (κ3) is 50.4. The molecule has 1 saturated heterocycles. The highest BCUT2D eigenvalue weighted by Crippen LogP contribution is 2.23. The topological polar surface area (TPSA) is 175 Å². The van der Waals surface area contributed by atoms with Gasteiger partial charge in [0.1, 0.15) is 24.4 Å². The molecule has 0 radical (unpaired) electrons. The maximum absolute atomic E-state index is 13.0. The van der Waals surface area contributed by atoms with Gasteiger partial charge in [-0.15, -0.1) is 0 Å². The highest BCUT2D eigenvalue weighted by atomic mass is 16.7. The number of hydrogen-bond acceptors (Lipinski definition) is 10. The summed E-state index contributed by atoms with van der Waals surface area (Å²) in [7, 11) is 0. The van der Waals surface area contributed by atoms with Gasteiger partial charge in [-0.1, -0.05) is 274 Å². The average molecular weight is 1180 g/mol. The molecule has 0 aliphatic carbocycles. The maximum Gasteiger partial charge on any atom is 0.305 e. The van der Waals surface area contributed by atoms with Gasteiger partial charge in [0.05, 0.1) is 32.0 Å². The number of carbonyl (C=O) groups excluding carboxylic acids is 2. The van der Waals surface area contributed by atoms with E-state index >= 15 is 0 Å². The molecule has 1 fully saturated rings. The number of esters is 1. The smallest absolute Gasteiger partial charge is 0.305 e. The number of nitrogens with one attached hydrogen (secondary N) is 1. The number of hydrogen-bond donors (Lipinski definition) is 6. The lowest BCUT2D eigenvalue weighted by molar-refractivity contribution is -0.302. The molecule has 0 spiro atoms. The Balaban J connectivity index is 1.93. The van der Waals surface area contributed by atoms with Crippen molar-refractivity contribution in [3.63, 3.8) is 0 Å². The van der Waals surface area contributed by atoms with Crippen LogP contribution in [0.2, 0.25) is 0 Å². The molecule has 0 aromatic rings. The van der Waals surface area contributed by atoms with E-state index in [1.54, 1.807) is 6.08 Å². The SMILES string of the molecule is CCCCCC/C=C\CCCCCCCC(=O)OCCCCCCCCCCC/C=C\C/C=C\CCCCCCCCCCCCCCCCCCCC(=O)NC(COC1OC(CO)C(O)C(O)C1O)C(O)/C=C/CC/C=C/CCCCCC. The number of amides is 1. The number of carbonyl (C=O) groups is 2. The van der Waals surface area contributed by atoms with Crippen LogP contribution in [0.4, 0.5) is 0 Å². The van der Waals surface area contributed by atoms with Crippen LogP contribution in [0.15, 0.2) is 60.8 Å². The zero-order chi connectivity index (χ0) is 60.9. The first-order valence-corrected chi connectivity index (χ1v) is 35.6. The van der Waals surface area contributed by atoms with Gasteiger partial charge >= 0.3 is 5.97 Å². The Bertz CT molecular complexity index is 1580. The second kappa shape index (κ2) is 62.0. The molecule has 1 heterocycles.